The molecule has 4 aliphatic carbocycles. The molecule has 6 heteroatoms. The minimum atomic E-state index is -1.38. The standard InChI is InChI=1S/C22H30O6/c1-10-9-22(10)18(27)12-13(15(25)19(22)28-11(2)23)21(5)8-6-7-20(3,4)17(21)16(26)14(12)24/h10,14,16-17,19,24,26H,6-9H2,1-5H3/t10-,14+,16-,17+,19+,21-,22-/m1/s1. The van der Waals surface area contributed by atoms with Crippen molar-refractivity contribution in [3.8, 4) is 0 Å². The molecule has 0 unspecified atom stereocenters. The first kappa shape index (κ1) is 19.8. The molecule has 0 aromatic heterocycles. The van der Waals surface area contributed by atoms with Crippen LogP contribution in [0.15, 0.2) is 11.1 Å². The Balaban J connectivity index is 1.94. The van der Waals surface area contributed by atoms with Crippen LogP contribution in [0.3, 0.4) is 0 Å². The number of hydrogen-bond donors (Lipinski definition) is 2. The van der Waals surface area contributed by atoms with Gasteiger partial charge in [0.25, 0.3) is 0 Å². The highest BCUT2D eigenvalue weighted by molar-refractivity contribution is 6.20. The van der Waals surface area contributed by atoms with Crippen molar-refractivity contribution in [3.05, 3.63) is 11.1 Å². The van der Waals surface area contributed by atoms with Crippen LogP contribution in [0.1, 0.15) is 60.3 Å². The quantitative estimate of drug-likeness (QED) is 0.664. The number of carbonyl (C=O) groups excluding carboxylic acids is 3. The number of aliphatic hydroxyl groups excluding tert-OH is 2. The molecule has 0 amide bonds. The van der Waals surface area contributed by atoms with E-state index in [2.05, 4.69) is 0 Å². The lowest BCUT2D eigenvalue weighted by Crippen LogP contribution is -2.63. The predicted octanol–water partition coefficient (Wildman–Crippen LogP) is 1.96. The fraction of sp³-hybridized carbons (Fsp3) is 0.773. The van der Waals surface area contributed by atoms with Crippen molar-refractivity contribution < 1.29 is 29.3 Å². The number of ketones is 2. The average Bonchev–Trinajstić information content (AvgIpc) is 3.24. The van der Waals surface area contributed by atoms with Crippen molar-refractivity contribution >= 4 is 17.5 Å². The van der Waals surface area contributed by atoms with E-state index in [0.717, 1.165) is 12.8 Å². The number of ether oxygens (including phenoxy) is 1. The number of aliphatic hydroxyl groups is 2. The van der Waals surface area contributed by atoms with E-state index in [-0.39, 0.29) is 34.4 Å². The highest BCUT2D eigenvalue weighted by atomic mass is 16.5. The van der Waals surface area contributed by atoms with Crippen LogP contribution in [0.2, 0.25) is 0 Å². The van der Waals surface area contributed by atoms with Gasteiger partial charge in [-0.15, -0.1) is 0 Å². The van der Waals surface area contributed by atoms with Gasteiger partial charge < -0.3 is 14.9 Å². The minimum Gasteiger partial charge on any atom is -0.453 e. The maximum Gasteiger partial charge on any atom is 0.303 e. The van der Waals surface area contributed by atoms with E-state index in [1.165, 1.54) is 6.92 Å². The summed E-state index contributed by atoms with van der Waals surface area (Å²) in [6.45, 7) is 9.11. The molecule has 2 N–H and O–H groups in total. The van der Waals surface area contributed by atoms with E-state index in [4.69, 9.17) is 4.74 Å². The molecule has 7 atom stereocenters. The minimum absolute atomic E-state index is 0.0710. The molecule has 0 heterocycles. The molecule has 0 radical (unpaired) electrons. The van der Waals surface area contributed by atoms with E-state index in [1.807, 2.05) is 27.7 Å². The first-order valence-electron chi connectivity index (χ1n) is 10.3. The number of Topliss-reactive ketones (excluding diaryl/α,β-unsaturated/α-hetero) is 2. The number of rotatable bonds is 1. The summed E-state index contributed by atoms with van der Waals surface area (Å²) in [6, 6.07) is 0. The highest BCUT2D eigenvalue weighted by Crippen LogP contribution is 2.66. The van der Waals surface area contributed by atoms with Crippen LogP contribution in [0, 0.1) is 28.1 Å². The second-order valence-corrected chi connectivity index (χ2v) is 10.3. The SMILES string of the molecule is CC(=O)O[C@H]1C(=O)C2=C(C(=O)[C@]13C[C@H]3C)[C@H](O)[C@@H](O)[C@H]1C(C)(C)CCC[C@]21C. The van der Waals surface area contributed by atoms with E-state index in [0.29, 0.717) is 18.4 Å². The predicted molar refractivity (Wildman–Crippen MR) is 100 cm³/mol. The molecule has 0 saturated heterocycles. The van der Waals surface area contributed by atoms with E-state index >= 15 is 0 Å². The number of carbonyl (C=O) groups is 3. The third-order valence-corrected chi connectivity index (χ3v) is 8.11. The zero-order chi connectivity index (χ0) is 20.8. The fourth-order valence-electron chi connectivity index (χ4n) is 6.86. The maximum atomic E-state index is 13.7. The lowest BCUT2D eigenvalue weighted by atomic mass is 9.46. The average molecular weight is 390 g/mol. The molecule has 0 aromatic rings. The van der Waals surface area contributed by atoms with Gasteiger partial charge in [-0.3, -0.25) is 14.4 Å². The summed E-state index contributed by atoms with van der Waals surface area (Å²) in [5.41, 5.74) is -1.75. The van der Waals surface area contributed by atoms with E-state index < -0.39 is 35.1 Å². The summed E-state index contributed by atoms with van der Waals surface area (Å²) in [5, 5.41) is 22.0. The Hall–Kier alpha value is -1.53. The zero-order valence-electron chi connectivity index (χ0n) is 17.2. The number of fused-ring (bicyclic) bond motifs is 2. The lowest BCUT2D eigenvalue weighted by molar-refractivity contribution is -0.166. The van der Waals surface area contributed by atoms with Gasteiger partial charge in [0.2, 0.25) is 5.78 Å². The summed E-state index contributed by atoms with van der Waals surface area (Å²) in [6.07, 6.45) is -0.788. The smallest absolute Gasteiger partial charge is 0.303 e. The Morgan fingerprint density at radius 3 is 2.29 bits per heavy atom. The molecular formula is C22H30O6. The van der Waals surface area contributed by atoms with Crippen LogP contribution < -0.4 is 0 Å². The van der Waals surface area contributed by atoms with Gasteiger partial charge in [0.15, 0.2) is 11.9 Å². The fourth-order valence-corrected chi connectivity index (χ4v) is 6.86. The van der Waals surface area contributed by atoms with Crippen LogP contribution in [0.25, 0.3) is 0 Å². The summed E-state index contributed by atoms with van der Waals surface area (Å²) < 4.78 is 5.42. The van der Waals surface area contributed by atoms with Gasteiger partial charge >= 0.3 is 5.97 Å². The molecule has 1 spiro atoms. The summed E-state index contributed by atoms with van der Waals surface area (Å²) in [7, 11) is 0. The molecule has 0 bridgehead atoms. The third kappa shape index (κ3) is 2.25. The first-order chi connectivity index (χ1) is 12.9. The van der Waals surface area contributed by atoms with Crippen molar-refractivity contribution in [2.75, 3.05) is 0 Å². The van der Waals surface area contributed by atoms with Crippen molar-refractivity contribution in [2.24, 2.45) is 28.1 Å². The van der Waals surface area contributed by atoms with Crippen LogP contribution in [-0.4, -0.2) is 46.1 Å². The Bertz CT molecular complexity index is 810. The molecule has 0 aliphatic heterocycles. The zero-order valence-corrected chi connectivity index (χ0v) is 17.2. The van der Waals surface area contributed by atoms with Crippen molar-refractivity contribution in [1.82, 2.24) is 0 Å². The number of esters is 1. The third-order valence-electron chi connectivity index (χ3n) is 8.11. The van der Waals surface area contributed by atoms with Crippen molar-refractivity contribution in [3.63, 3.8) is 0 Å². The van der Waals surface area contributed by atoms with Gasteiger partial charge in [-0.05, 0) is 30.6 Å². The summed E-state index contributed by atoms with van der Waals surface area (Å²) >= 11 is 0. The Kier molecular flexibility index (Phi) is 4.07. The lowest BCUT2D eigenvalue weighted by Gasteiger charge is -2.58. The van der Waals surface area contributed by atoms with Crippen LogP contribution >= 0.6 is 0 Å². The molecule has 154 valence electrons. The van der Waals surface area contributed by atoms with Gasteiger partial charge in [-0.25, -0.2) is 0 Å². The van der Waals surface area contributed by atoms with E-state index in [1.54, 1.807) is 0 Å². The molecule has 4 rings (SSSR count). The second kappa shape index (κ2) is 5.76. The van der Waals surface area contributed by atoms with Gasteiger partial charge in [0.05, 0.1) is 11.5 Å². The normalized spacial score (nSPS) is 46.9. The van der Waals surface area contributed by atoms with E-state index in [9.17, 15) is 24.6 Å². The van der Waals surface area contributed by atoms with Crippen LogP contribution in [0.5, 0.6) is 0 Å². The monoisotopic (exact) mass is 390 g/mol. The molecule has 28 heavy (non-hydrogen) atoms. The van der Waals surface area contributed by atoms with Crippen LogP contribution in [0.4, 0.5) is 0 Å². The van der Waals surface area contributed by atoms with Crippen molar-refractivity contribution in [1.29, 1.82) is 0 Å². The molecule has 2 fully saturated rings. The molecule has 0 aromatic carbocycles. The number of hydrogen-bond acceptors (Lipinski definition) is 6. The molecular weight excluding hydrogens is 360 g/mol. The Morgan fingerprint density at radius 1 is 1.14 bits per heavy atom. The Morgan fingerprint density at radius 2 is 1.75 bits per heavy atom. The Labute approximate surface area is 165 Å². The van der Waals surface area contributed by atoms with Gasteiger partial charge in [-0.2, -0.15) is 0 Å². The van der Waals surface area contributed by atoms with Crippen LogP contribution in [-0.2, 0) is 19.1 Å². The summed E-state index contributed by atoms with van der Waals surface area (Å²) in [5.74, 6) is -1.74. The highest BCUT2D eigenvalue weighted by Gasteiger charge is 2.73. The topological polar surface area (TPSA) is 101 Å². The first-order valence-corrected chi connectivity index (χ1v) is 10.3. The molecule has 2 saturated carbocycles. The van der Waals surface area contributed by atoms with Gasteiger partial charge in [-0.1, -0.05) is 34.1 Å². The molecule has 4 aliphatic rings. The molecule has 6 nitrogen and oxygen atoms in total. The van der Waals surface area contributed by atoms with Gasteiger partial charge in [0.1, 0.15) is 6.10 Å². The van der Waals surface area contributed by atoms with Gasteiger partial charge in [0, 0.05) is 29.4 Å². The summed E-state index contributed by atoms with van der Waals surface area (Å²) in [4.78, 5) is 39.0. The maximum absolute atomic E-state index is 13.7. The second-order valence-electron chi connectivity index (χ2n) is 10.3. The largest absolute Gasteiger partial charge is 0.453 e. The van der Waals surface area contributed by atoms with Crippen molar-refractivity contribution in [2.45, 2.75) is 78.6 Å².